The Labute approximate surface area is 223 Å². The number of fused-ring (bicyclic) bond motifs is 4. The Kier molecular flexibility index (Phi) is 7.87. The number of amides is 3. The molecule has 2 aliphatic rings. The summed E-state index contributed by atoms with van der Waals surface area (Å²) >= 11 is 0. The lowest BCUT2D eigenvalue weighted by Crippen LogP contribution is -2.61. The van der Waals surface area contributed by atoms with Crippen LogP contribution < -0.4 is 16.1 Å². The molecule has 0 radical (unpaired) electrons. The minimum Gasteiger partial charge on any atom is -0.485 e. The van der Waals surface area contributed by atoms with Crippen molar-refractivity contribution >= 4 is 34.7 Å². The summed E-state index contributed by atoms with van der Waals surface area (Å²) in [5, 5.41) is 8.16. The third-order valence-corrected chi connectivity index (χ3v) is 7.14. The van der Waals surface area contributed by atoms with Gasteiger partial charge in [-0.2, -0.15) is 0 Å². The van der Waals surface area contributed by atoms with Crippen LogP contribution in [0.1, 0.15) is 64.8 Å². The van der Waals surface area contributed by atoms with Gasteiger partial charge in [0.15, 0.2) is 6.10 Å². The SMILES string of the molecule is C=C1O[C@@H](C)C(=O)N[C@@H](C)C(=O)N2CCC[C@H](N2)C(=O)N[C@H](C)c2ccc3ccc(cc3n2)/C=C/C1(C)C. The first kappa shape index (κ1) is 27.3. The van der Waals surface area contributed by atoms with E-state index in [2.05, 4.69) is 22.6 Å². The summed E-state index contributed by atoms with van der Waals surface area (Å²) in [5.41, 5.74) is 4.99. The minimum atomic E-state index is -0.850. The van der Waals surface area contributed by atoms with Crippen molar-refractivity contribution in [2.24, 2.45) is 5.41 Å². The molecule has 3 amide bonds. The van der Waals surface area contributed by atoms with Crippen LogP contribution in [0, 0.1) is 5.41 Å². The third-order valence-electron chi connectivity index (χ3n) is 7.14. The fourth-order valence-electron chi connectivity index (χ4n) is 4.46. The van der Waals surface area contributed by atoms with E-state index in [1.54, 1.807) is 13.8 Å². The lowest BCUT2D eigenvalue weighted by molar-refractivity contribution is -0.144. The average Bonchev–Trinajstić information content (AvgIpc) is 2.90. The quantitative estimate of drug-likeness (QED) is 0.492. The zero-order chi connectivity index (χ0) is 27.6. The molecule has 5 bridgehead atoms. The number of benzene rings is 1. The highest BCUT2D eigenvalue weighted by Gasteiger charge is 2.32. The molecule has 0 unspecified atom stereocenters. The molecule has 1 aromatic heterocycles. The van der Waals surface area contributed by atoms with E-state index < -0.39 is 29.5 Å². The van der Waals surface area contributed by atoms with Gasteiger partial charge in [-0.3, -0.25) is 24.4 Å². The number of hydrogen-bond donors (Lipinski definition) is 3. The first-order chi connectivity index (χ1) is 17.9. The second kappa shape index (κ2) is 10.9. The molecule has 4 atom stereocenters. The predicted octanol–water partition coefficient (Wildman–Crippen LogP) is 3.38. The maximum Gasteiger partial charge on any atom is 0.261 e. The topological polar surface area (TPSA) is 113 Å². The van der Waals surface area contributed by atoms with Crippen LogP contribution in [-0.2, 0) is 19.1 Å². The number of carbonyl (C=O) groups excluding carboxylic acids is 3. The van der Waals surface area contributed by atoms with Crippen molar-refractivity contribution in [2.45, 2.75) is 71.7 Å². The molecule has 4 rings (SSSR count). The molecule has 2 aromatic rings. The summed E-state index contributed by atoms with van der Waals surface area (Å²) in [7, 11) is 0. The van der Waals surface area contributed by atoms with Crippen LogP contribution in [0.4, 0.5) is 0 Å². The van der Waals surface area contributed by atoms with Gasteiger partial charge in [-0.05, 0) is 65.2 Å². The van der Waals surface area contributed by atoms with E-state index in [-0.39, 0.29) is 17.9 Å². The molecule has 0 aliphatic carbocycles. The van der Waals surface area contributed by atoms with Gasteiger partial charge in [0.1, 0.15) is 12.1 Å². The number of allylic oxidation sites excluding steroid dienone is 1. The Morgan fingerprint density at radius 1 is 1.03 bits per heavy atom. The predicted molar refractivity (Wildman–Crippen MR) is 146 cm³/mol. The first-order valence-electron chi connectivity index (χ1n) is 13.1. The minimum absolute atomic E-state index is 0.209. The van der Waals surface area contributed by atoms with Gasteiger partial charge < -0.3 is 15.4 Å². The number of hydrazine groups is 1. The standard InChI is InChI=1S/C29H37N5O4/c1-17-23-12-11-22-10-9-21(16-25(22)32-23)13-14-29(5,6)20(4)38-19(3)26(35)31-18(2)28(37)34-15-7-8-24(33-34)27(36)30-17/h9-14,16-19,24,33H,4,7-8,15H2,1-3,5-6H3,(H,30,36)(H,31,35)/b14-13+/t17-,18+,19+,24+/m1/s1. The lowest BCUT2D eigenvalue weighted by Gasteiger charge is -2.35. The van der Waals surface area contributed by atoms with Crippen molar-refractivity contribution in [3.63, 3.8) is 0 Å². The first-order valence-corrected chi connectivity index (χ1v) is 13.1. The summed E-state index contributed by atoms with van der Waals surface area (Å²) in [5.74, 6) is -0.524. The number of carbonyl (C=O) groups is 3. The fourth-order valence-corrected chi connectivity index (χ4v) is 4.46. The van der Waals surface area contributed by atoms with Gasteiger partial charge in [-0.25, -0.2) is 5.43 Å². The molecule has 2 aliphatic heterocycles. The molecule has 202 valence electrons. The maximum absolute atomic E-state index is 13.1. The number of ether oxygens (including phenoxy) is 1. The van der Waals surface area contributed by atoms with E-state index in [9.17, 15) is 14.4 Å². The smallest absolute Gasteiger partial charge is 0.261 e. The van der Waals surface area contributed by atoms with Gasteiger partial charge in [0.2, 0.25) is 5.91 Å². The van der Waals surface area contributed by atoms with Crippen LogP contribution in [-0.4, -0.2) is 52.4 Å². The maximum atomic E-state index is 13.1. The number of aromatic nitrogens is 1. The number of rotatable bonds is 0. The van der Waals surface area contributed by atoms with Crippen LogP contribution >= 0.6 is 0 Å². The van der Waals surface area contributed by atoms with E-state index in [0.717, 1.165) is 22.2 Å². The van der Waals surface area contributed by atoms with Crippen LogP contribution in [0.15, 0.2) is 48.7 Å². The van der Waals surface area contributed by atoms with E-state index in [1.165, 1.54) is 5.01 Å². The largest absolute Gasteiger partial charge is 0.485 e. The van der Waals surface area contributed by atoms with Gasteiger partial charge in [-0.1, -0.05) is 36.9 Å². The molecular formula is C29H37N5O4. The summed E-state index contributed by atoms with van der Waals surface area (Å²) in [6.07, 6.45) is 4.35. The van der Waals surface area contributed by atoms with Crippen LogP contribution in [0.5, 0.6) is 0 Å². The highest BCUT2D eigenvalue weighted by atomic mass is 16.5. The van der Waals surface area contributed by atoms with Crippen molar-refractivity contribution in [1.82, 2.24) is 26.1 Å². The zero-order valence-electron chi connectivity index (χ0n) is 22.7. The zero-order valence-corrected chi connectivity index (χ0v) is 22.7. The molecule has 0 spiro atoms. The summed E-state index contributed by atoms with van der Waals surface area (Å²) in [6, 6.07) is 8.22. The van der Waals surface area contributed by atoms with E-state index in [4.69, 9.17) is 9.72 Å². The molecule has 38 heavy (non-hydrogen) atoms. The number of hydrogen-bond acceptors (Lipinski definition) is 6. The normalized spacial score (nSPS) is 27.9. The summed E-state index contributed by atoms with van der Waals surface area (Å²) < 4.78 is 5.88. The van der Waals surface area contributed by atoms with Crippen LogP contribution in [0.2, 0.25) is 0 Å². The summed E-state index contributed by atoms with van der Waals surface area (Å²) in [4.78, 5) is 43.8. The van der Waals surface area contributed by atoms with Gasteiger partial charge in [-0.15, -0.1) is 0 Å². The highest BCUT2D eigenvalue weighted by Crippen LogP contribution is 2.30. The molecule has 9 heteroatoms. The fraction of sp³-hybridized carbons (Fsp3) is 0.448. The second-order valence-electron chi connectivity index (χ2n) is 10.7. The average molecular weight is 520 g/mol. The van der Waals surface area contributed by atoms with Crippen molar-refractivity contribution in [1.29, 1.82) is 0 Å². The lowest BCUT2D eigenvalue weighted by atomic mass is 9.90. The van der Waals surface area contributed by atoms with Gasteiger partial charge in [0, 0.05) is 17.3 Å². The molecule has 3 heterocycles. The Balaban J connectivity index is 1.68. The van der Waals surface area contributed by atoms with Crippen molar-refractivity contribution in [2.75, 3.05) is 6.54 Å². The number of nitrogens with one attached hydrogen (secondary N) is 3. The Morgan fingerprint density at radius 3 is 2.50 bits per heavy atom. The molecule has 3 N–H and O–H groups in total. The van der Waals surface area contributed by atoms with Crippen molar-refractivity contribution < 1.29 is 19.1 Å². The highest BCUT2D eigenvalue weighted by molar-refractivity contribution is 5.89. The molecule has 1 saturated heterocycles. The number of nitrogens with zero attached hydrogens (tertiary/aromatic N) is 2. The molecule has 9 nitrogen and oxygen atoms in total. The van der Waals surface area contributed by atoms with E-state index in [0.29, 0.717) is 25.1 Å². The van der Waals surface area contributed by atoms with Crippen molar-refractivity contribution in [3.8, 4) is 0 Å². The second-order valence-corrected chi connectivity index (χ2v) is 10.7. The monoisotopic (exact) mass is 519 g/mol. The van der Waals surface area contributed by atoms with Crippen LogP contribution in [0.3, 0.4) is 0 Å². The van der Waals surface area contributed by atoms with Crippen molar-refractivity contribution in [3.05, 3.63) is 60.0 Å². The van der Waals surface area contributed by atoms with Gasteiger partial charge >= 0.3 is 0 Å². The van der Waals surface area contributed by atoms with Gasteiger partial charge in [0.05, 0.1) is 23.0 Å². The van der Waals surface area contributed by atoms with Crippen LogP contribution in [0.25, 0.3) is 17.0 Å². The Morgan fingerprint density at radius 2 is 1.74 bits per heavy atom. The van der Waals surface area contributed by atoms with E-state index in [1.807, 2.05) is 63.3 Å². The third kappa shape index (κ3) is 6.05. The number of pyridine rings is 1. The van der Waals surface area contributed by atoms with E-state index >= 15 is 0 Å². The molecule has 1 aromatic carbocycles. The summed E-state index contributed by atoms with van der Waals surface area (Å²) in [6.45, 7) is 13.6. The molecular weight excluding hydrogens is 482 g/mol. The molecule has 0 saturated carbocycles. The Hall–Kier alpha value is -3.72. The Bertz CT molecular complexity index is 1290. The molecule has 1 fully saturated rings. The van der Waals surface area contributed by atoms with Gasteiger partial charge in [0.25, 0.3) is 11.8 Å².